The van der Waals surface area contributed by atoms with Gasteiger partial charge in [0.1, 0.15) is 12.6 Å². The summed E-state index contributed by atoms with van der Waals surface area (Å²) in [5, 5.41) is 2.85. The molecule has 3 aromatic rings. The van der Waals surface area contributed by atoms with Crippen LogP contribution < -0.4 is 9.62 Å². The Bertz CT molecular complexity index is 1360. The van der Waals surface area contributed by atoms with E-state index in [1.54, 1.807) is 6.07 Å². The first-order chi connectivity index (χ1) is 18.0. The number of nitrogens with one attached hydrogen (secondary N) is 1. The lowest BCUT2D eigenvalue weighted by atomic mass is 10.0. The maximum Gasteiger partial charge on any atom is 0.244 e. The Morgan fingerprint density at radius 3 is 2.18 bits per heavy atom. The number of likely N-dealkylation sites (N-methyl/N-ethyl adjacent to an activating group) is 1. The van der Waals surface area contributed by atoms with E-state index in [-0.39, 0.29) is 18.9 Å². The van der Waals surface area contributed by atoms with Gasteiger partial charge in [0.2, 0.25) is 21.8 Å². The minimum absolute atomic E-state index is 0.144. The van der Waals surface area contributed by atoms with Crippen LogP contribution in [-0.2, 0) is 32.6 Å². The van der Waals surface area contributed by atoms with Gasteiger partial charge >= 0.3 is 0 Å². The number of amides is 2. The molecule has 3 aromatic carbocycles. The van der Waals surface area contributed by atoms with Crippen molar-refractivity contribution in [3.8, 4) is 0 Å². The molecular weight excluding hydrogens is 566 g/mol. The van der Waals surface area contributed by atoms with E-state index < -0.39 is 28.5 Å². The van der Waals surface area contributed by atoms with Gasteiger partial charge in [-0.25, -0.2) is 8.42 Å². The number of halogens is 1. The van der Waals surface area contributed by atoms with Crippen molar-refractivity contribution in [3.05, 3.63) is 99.5 Å². The summed E-state index contributed by atoms with van der Waals surface area (Å²) in [7, 11) is -3.80. The second-order valence-corrected chi connectivity index (χ2v) is 12.1. The molecule has 1 unspecified atom stereocenters. The molecule has 0 heterocycles. The van der Waals surface area contributed by atoms with E-state index in [0.29, 0.717) is 12.2 Å². The topological polar surface area (TPSA) is 86.8 Å². The number of carbonyl (C=O) groups is 2. The standard InChI is InChI=1S/C29H34BrN3O4S/c1-5-31-29(35)27(18-23-9-7-6-8-10-23)32(19-24-12-14-25(30)15-13-24)28(34)20-33(38(4,36)37)26-16-11-21(2)17-22(26)3/h6-17,27H,5,18-20H2,1-4H3,(H,31,35). The molecule has 3 rings (SSSR count). The highest BCUT2D eigenvalue weighted by molar-refractivity contribution is 9.10. The summed E-state index contributed by atoms with van der Waals surface area (Å²) in [6.45, 7) is 5.69. The molecule has 0 fully saturated rings. The van der Waals surface area contributed by atoms with Gasteiger partial charge in [0.15, 0.2) is 0 Å². The molecule has 0 radical (unpaired) electrons. The van der Waals surface area contributed by atoms with Gasteiger partial charge in [-0.3, -0.25) is 13.9 Å². The van der Waals surface area contributed by atoms with Gasteiger partial charge < -0.3 is 10.2 Å². The number of rotatable bonds is 11. The summed E-state index contributed by atoms with van der Waals surface area (Å²) in [4.78, 5) is 28.8. The lowest BCUT2D eigenvalue weighted by Gasteiger charge is -2.33. The van der Waals surface area contributed by atoms with Crippen molar-refractivity contribution in [2.45, 2.75) is 39.8 Å². The molecule has 202 valence electrons. The maximum absolute atomic E-state index is 14.0. The Morgan fingerprint density at radius 2 is 1.61 bits per heavy atom. The van der Waals surface area contributed by atoms with E-state index >= 15 is 0 Å². The van der Waals surface area contributed by atoms with E-state index in [4.69, 9.17) is 0 Å². The smallest absolute Gasteiger partial charge is 0.244 e. The van der Waals surface area contributed by atoms with Gasteiger partial charge in [0, 0.05) is 24.0 Å². The zero-order valence-corrected chi connectivity index (χ0v) is 24.6. The molecule has 0 aliphatic rings. The Hall–Kier alpha value is -3.17. The number of carbonyl (C=O) groups excluding carboxylic acids is 2. The van der Waals surface area contributed by atoms with E-state index in [1.165, 1.54) is 4.90 Å². The molecule has 7 nitrogen and oxygen atoms in total. The van der Waals surface area contributed by atoms with Crippen LogP contribution in [0.4, 0.5) is 5.69 Å². The fourth-order valence-corrected chi connectivity index (χ4v) is 5.48. The molecule has 9 heteroatoms. The third kappa shape index (κ3) is 7.91. The molecule has 0 spiro atoms. The zero-order valence-electron chi connectivity index (χ0n) is 22.1. The molecule has 0 saturated carbocycles. The molecule has 1 N–H and O–H groups in total. The Morgan fingerprint density at radius 1 is 0.947 bits per heavy atom. The molecule has 2 amide bonds. The van der Waals surface area contributed by atoms with E-state index in [2.05, 4.69) is 21.2 Å². The predicted octanol–water partition coefficient (Wildman–Crippen LogP) is 4.61. The fourth-order valence-electron chi connectivity index (χ4n) is 4.31. The molecule has 1 atom stereocenters. The third-order valence-electron chi connectivity index (χ3n) is 6.19. The zero-order chi connectivity index (χ0) is 27.9. The lowest BCUT2D eigenvalue weighted by molar-refractivity contribution is -0.140. The minimum Gasteiger partial charge on any atom is -0.355 e. The van der Waals surface area contributed by atoms with Crippen molar-refractivity contribution in [2.75, 3.05) is 23.7 Å². The van der Waals surface area contributed by atoms with Crippen LogP contribution in [0.15, 0.2) is 77.3 Å². The Labute approximate surface area is 234 Å². The minimum atomic E-state index is -3.80. The number of aryl methyl sites for hydroxylation is 2. The van der Waals surface area contributed by atoms with E-state index in [9.17, 15) is 18.0 Å². The number of hydrogen-bond acceptors (Lipinski definition) is 4. The first kappa shape index (κ1) is 29.4. The predicted molar refractivity (Wildman–Crippen MR) is 155 cm³/mol. The second-order valence-electron chi connectivity index (χ2n) is 9.31. The van der Waals surface area contributed by atoms with Gasteiger partial charge in [-0.2, -0.15) is 0 Å². The summed E-state index contributed by atoms with van der Waals surface area (Å²) < 4.78 is 27.8. The quantitative estimate of drug-likeness (QED) is 0.349. The molecule has 0 aliphatic heterocycles. The summed E-state index contributed by atoms with van der Waals surface area (Å²) in [5.74, 6) is -0.760. The summed E-state index contributed by atoms with van der Waals surface area (Å²) >= 11 is 3.43. The highest BCUT2D eigenvalue weighted by Crippen LogP contribution is 2.25. The van der Waals surface area contributed by atoms with Crippen LogP contribution in [0.5, 0.6) is 0 Å². The van der Waals surface area contributed by atoms with Crippen LogP contribution in [0.3, 0.4) is 0 Å². The van der Waals surface area contributed by atoms with Gasteiger partial charge in [-0.15, -0.1) is 0 Å². The molecule has 0 saturated heterocycles. The van der Waals surface area contributed by atoms with Crippen molar-refractivity contribution < 1.29 is 18.0 Å². The Kier molecular flexibility index (Phi) is 10.1. The molecule has 0 aromatic heterocycles. The second kappa shape index (κ2) is 13.1. The number of nitrogens with zero attached hydrogens (tertiary/aromatic N) is 2. The van der Waals surface area contributed by atoms with Crippen molar-refractivity contribution in [3.63, 3.8) is 0 Å². The highest BCUT2D eigenvalue weighted by atomic mass is 79.9. The summed E-state index contributed by atoms with van der Waals surface area (Å²) in [5.41, 5.74) is 3.88. The van der Waals surface area contributed by atoms with Gasteiger partial charge in [-0.05, 0) is 55.7 Å². The van der Waals surface area contributed by atoms with Gasteiger partial charge in [0.25, 0.3) is 0 Å². The van der Waals surface area contributed by atoms with Crippen LogP contribution in [0.25, 0.3) is 0 Å². The monoisotopic (exact) mass is 599 g/mol. The highest BCUT2D eigenvalue weighted by Gasteiger charge is 2.33. The average Bonchev–Trinajstić information content (AvgIpc) is 2.86. The summed E-state index contributed by atoms with van der Waals surface area (Å²) in [6, 6.07) is 21.5. The largest absolute Gasteiger partial charge is 0.355 e. The molecular formula is C29H34BrN3O4S. The van der Waals surface area contributed by atoms with Crippen LogP contribution in [0.2, 0.25) is 0 Å². The number of anilines is 1. The van der Waals surface area contributed by atoms with Crippen molar-refractivity contribution in [1.82, 2.24) is 10.2 Å². The fraction of sp³-hybridized carbons (Fsp3) is 0.310. The van der Waals surface area contributed by atoms with E-state index in [1.807, 2.05) is 87.5 Å². The Balaban J connectivity index is 2.05. The number of hydrogen-bond donors (Lipinski definition) is 1. The van der Waals surface area contributed by atoms with Crippen LogP contribution in [0.1, 0.15) is 29.2 Å². The van der Waals surface area contributed by atoms with Gasteiger partial charge in [-0.1, -0.05) is 76.1 Å². The van der Waals surface area contributed by atoms with E-state index in [0.717, 1.165) is 37.3 Å². The maximum atomic E-state index is 14.0. The van der Waals surface area contributed by atoms with Crippen molar-refractivity contribution >= 4 is 43.5 Å². The van der Waals surface area contributed by atoms with Crippen molar-refractivity contribution in [1.29, 1.82) is 0 Å². The molecule has 0 bridgehead atoms. The average molecular weight is 601 g/mol. The number of benzene rings is 3. The third-order valence-corrected chi connectivity index (χ3v) is 7.84. The first-order valence-corrected chi connectivity index (χ1v) is 15.0. The summed E-state index contributed by atoms with van der Waals surface area (Å²) in [6.07, 6.45) is 1.38. The van der Waals surface area contributed by atoms with Crippen LogP contribution in [-0.4, -0.2) is 50.5 Å². The molecule has 0 aliphatic carbocycles. The SMILES string of the molecule is CCNC(=O)C(Cc1ccccc1)N(Cc1ccc(Br)cc1)C(=O)CN(c1ccc(C)cc1C)S(C)(=O)=O. The number of sulfonamides is 1. The normalized spacial score (nSPS) is 12.0. The molecule has 38 heavy (non-hydrogen) atoms. The van der Waals surface area contributed by atoms with Crippen molar-refractivity contribution in [2.24, 2.45) is 0 Å². The lowest BCUT2D eigenvalue weighted by Crippen LogP contribution is -2.53. The first-order valence-electron chi connectivity index (χ1n) is 12.4. The van der Waals surface area contributed by atoms with Crippen LogP contribution in [0, 0.1) is 13.8 Å². The van der Waals surface area contributed by atoms with Crippen LogP contribution >= 0.6 is 15.9 Å². The van der Waals surface area contributed by atoms with Gasteiger partial charge in [0.05, 0.1) is 11.9 Å².